The van der Waals surface area contributed by atoms with Gasteiger partial charge >= 0.3 is 0 Å². The van der Waals surface area contributed by atoms with Crippen molar-refractivity contribution in [1.29, 1.82) is 0 Å². The van der Waals surface area contributed by atoms with E-state index in [0.717, 1.165) is 12.1 Å². The van der Waals surface area contributed by atoms with E-state index >= 15 is 0 Å². The van der Waals surface area contributed by atoms with E-state index in [1.807, 2.05) is 11.7 Å². The van der Waals surface area contributed by atoms with Gasteiger partial charge in [0.25, 0.3) is 0 Å². The number of rotatable bonds is 4. The zero-order valence-corrected chi connectivity index (χ0v) is 13.6. The molecule has 3 rings (SSSR count). The first-order valence-corrected chi connectivity index (χ1v) is 7.67. The van der Waals surface area contributed by atoms with Gasteiger partial charge in [-0.3, -0.25) is 16.0 Å². The van der Waals surface area contributed by atoms with Crippen LogP contribution >= 0.6 is 0 Å². The van der Waals surface area contributed by atoms with Crippen molar-refractivity contribution in [3.8, 4) is 0 Å². The number of para-hydroxylation sites is 1. The molecule has 1 aliphatic rings. The molecule has 1 unspecified atom stereocenters. The molecule has 0 saturated heterocycles. The van der Waals surface area contributed by atoms with Crippen LogP contribution in [-0.4, -0.2) is 15.8 Å². The minimum absolute atomic E-state index is 0.258. The summed E-state index contributed by atoms with van der Waals surface area (Å²) in [5.41, 5.74) is 5.99. The first-order chi connectivity index (χ1) is 9.80. The van der Waals surface area contributed by atoms with Crippen molar-refractivity contribution in [3.63, 3.8) is 0 Å². The van der Waals surface area contributed by atoms with Crippen LogP contribution in [0.5, 0.6) is 0 Å². The van der Waals surface area contributed by atoms with Crippen molar-refractivity contribution in [2.45, 2.75) is 40.2 Å². The SMILES string of the molecule is Cn1nc(CC(NN)C2C(C)(C)C2(C)C)c2ccccc21. The zero-order chi connectivity index (χ0) is 15.4. The van der Waals surface area contributed by atoms with Crippen molar-refractivity contribution in [1.82, 2.24) is 15.2 Å². The van der Waals surface area contributed by atoms with E-state index in [0.29, 0.717) is 16.7 Å². The van der Waals surface area contributed by atoms with Crippen LogP contribution < -0.4 is 11.3 Å². The Hall–Kier alpha value is -1.39. The van der Waals surface area contributed by atoms with Crippen LogP contribution in [0.2, 0.25) is 0 Å². The number of aryl methyl sites for hydroxylation is 1. The van der Waals surface area contributed by atoms with Crippen LogP contribution in [0.3, 0.4) is 0 Å². The van der Waals surface area contributed by atoms with Gasteiger partial charge in [0.15, 0.2) is 0 Å². The molecule has 114 valence electrons. The molecule has 0 bridgehead atoms. The lowest BCUT2D eigenvalue weighted by Gasteiger charge is -2.17. The molecule has 0 amide bonds. The van der Waals surface area contributed by atoms with Crippen molar-refractivity contribution in [2.24, 2.45) is 29.6 Å². The Morgan fingerprint density at radius 3 is 2.43 bits per heavy atom. The van der Waals surface area contributed by atoms with E-state index in [-0.39, 0.29) is 6.04 Å². The zero-order valence-electron chi connectivity index (χ0n) is 13.6. The molecule has 21 heavy (non-hydrogen) atoms. The molecule has 2 aromatic rings. The average Bonchev–Trinajstić information content (AvgIpc) is 2.70. The maximum Gasteiger partial charge on any atom is 0.0719 e. The van der Waals surface area contributed by atoms with E-state index in [9.17, 15) is 0 Å². The number of benzene rings is 1. The highest BCUT2D eigenvalue weighted by molar-refractivity contribution is 5.81. The van der Waals surface area contributed by atoms with E-state index in [4.69, 9.17) is 10.9 Å². The Labute approximate surface area is 126 Å². The van der Waals surface area contributed by atoms with E-state index < -0.39 is 0 Å². The number of hydrogen-bond acceptors (Lipinski definition) is 3. The molecule has 1 saturated carbocycles. The molecule has 4 nitrogen and oxygen atoms in total. The topological polar surface area (TPSA) is 55.9 Å². The minimum atomic E-state index is 0.258. The number of hydrazine groups is 1. The lowest BCUT2D eigenvalue weighted by atomic mass is 9.99. The van der Waals surface area contributed by atoms with E-state index in [1.54, 1.807) is 0 Å². The fourth-order valence-corrected chi connectivity index (χ4v) is 4.17. The van der Waals surface area contributed by atoms with Gasteiger partial charge in [0.2, 0.25) is 0 Å². The van der Waals surface area contributed by atoms with Crippen molar-refractivity contribution in [3.05, 3.63) is 30.0 Å². The van der Waals surface area contributed by atoms with Gasteiger partial charge in [-0.2, -0.15) is 5.10 Å². The summed E-state index contributed by atoms with van der Waals surface area (Å²) < 4.78 is 1.96. The van der Waals surface area contributed by atoms with Crippen LogP contribution in [0, 0.1) is 16.7 Å². The summed E-state index contributed by atoms with van der Waals surface area (Å²) in [5.74, 6) is 6.44. The Morgan fingerprint density at radius 2 is 1.86 bits per heavy atom. The molecule has 0 radical (unpaired) electrons. The second-order valence-corrected chi connectivity index (χ2v) is 7.49. The lowest BCUT2D eigenvalue weighted by Crippen LogP contribution is -2.40. The summed E-state index contributed by atoms with van der Waals surface area (Å²) in [7, 11) is 2.00. The number of nitrogens with two attached hydrogens (primary N) is 1. The van der Waals surface area contributed by atoms with Crippen LogP contribution in [0.4, 0.5) is 0 Å². The fraction of sp³-hybridized carbons (Fsp3) is 0.588. The van der Waals surface area contributed by atoms with Crippen molar-refractivity contribution >= 4 is 10.9 Å². The molecule has 4 heteroatoms. The molecular weight excluding hydrogens is 260 g/mol. The predicted molar refractivity (Wildman–Crippen MR) is 86.6 cm³/mol. The lowest BCUT2D eigenvalue weighted by molar-refractivity contribution is 0.399. The second-order valence-electron chi connectivity index (χ2n) is 7.49. The van der Waals surface area contributed by atoms with Gasteiger partial charge in [-0.1, -0.05) is 45.9 Å². The second kappa shape index (κ2) is 4.55. The number of aromatic nitrogens is 2. The number of fused-ring (bicyclic) bond motifs is 1. The Kier molecular flexibility index (Phi) is 3.15. The van der Waals surface area contributed by atoms with Gasteiger partial charge < -0.3 is 0 Å². The summed E-state index contributed by atoms with van der Waals surface area (Å²) in [5, 5.41) is 5.94. The third kappa shape index (κ3) is 2.00. The summed E-state index contributed by atoms with van der Waals surface area (Å²) in [4.78, 5) is 0. The normalized spacial score (nSPS) is 21.6. The molecular formula is C17H26N4. The first-order valence-electron chi connectivity index (χ1n) is 7.67. The predicted octanol–water partition coefficient (Wildman–Crippen LogP) is 2.63. The smallest absolute Gasteiger partial charge is 0.0719 e. The van der Waals surface area contributed by atoms with Gasteiger partial charge in [-0.15, -0.1) is 0 Å². The van der Waals surface area contributed by atoms with Gasteiger partial charge in [0.1, 0.15) is 0 Å². The molecule has 3 N–H and O–H groups in total. The highest BCUT2D eigenvalue weighted by Gasteiger charge is 2.66. The minimum Gasteiger partial charge on any atom is -0.271 e. The molecule has 1 aromatic carbocycles. The van der Waals surface area contributed by atoms with Crippen LogP contribution in [-0.2, 0) is 13.5 Å². The van der Waals surface area contributed by atoms with Crippen LogP contribution in [0.25, 0.3) is 10.9 Å². The molecule has 1 atom stereocenters. The number of nitrogens with zero attached hydrogens (tertiary/aromatic N) is 2. The fourth-order valence-electron chi connectivity index (χ4n) is 4.17. The monoisotopic (exact) mass is 286 g/mol. The highest BCUT2D eigenvalue weighted by atomic mass is 15.3. The van der Waals surface area contributed by atoms with E-state index in [1.165, 1.54) is 10.9 Å². The van der Waals surface area contributed by atoms with E-state index in [2.05, 4.69) is 57.4 Å². The molecule has 0 spiro atoms. The first kappa shape index (κ1) is 14.5. The quantitative estimate of drug-likeness (QED) is 0.671. The summed E-state index contributed by atoms with van der Waals surface area (Å²) in [6.07, 6.45) is 0.870. The molecule has 1 heterocycles. The molecule has 0 aliphatic heterocycles. The Morgan fingerprint density at radius 1 is 1.24 bits per heavy atom. The average molecular weight is 286 g/mol. The van der Waals surface area contributed by atoms with Gasteiger partial charge in [-0.25, -0.2) is 0 Å². The Balaban J connectivity index is 1.91. The summed E-state index contributed by atoms with van der Waals surface area (Å²) >= 11 is 0. The van der Waals surface area contributed by atoms with Gasteiger partial charge in [0.05, 0.1) is 11.2 Å². The standard InChI is InChI=1S/C17H26N4/c1-16(2)15(17(16,3)4)13(19-18)10-12-11-8-6-7-9-14(11)21(5)20-12/h6-9,13,15,19H,10,18H2,1-5H3. The summed E-state index contributed by atoms with van der Waals surface area (Å²) in [6.45, 7) is 9.33. The largest absolute Gasteiger partial charge is 0.271 e. The highest BCUT2D eigenvalue weighted by Crippen LogP contribution is 2.69. The Bertz CT molecular complexity index is 654. The molecule has 1 fully saturated rings. The van der Waals surface area contributed by atoms with Crippen LogP contribution in [0.15, 0.2) is 24.3 Å². The number of hydrogen-bond donors (Lipinski definition) is 2. The third-order valence-corrected chi connectivity index (χ3v) is 6.00. The molecule has 1 aliphatic carbocycles. The summed E-state index contributed by atoms with van der Waals surface area (Å²) in [6, 6.07) is 8.65. The molecule has 1 aromatic heterocycles. The van der Waals surface area contributed by atoms with Crippen molar-refractivity contribution in [2.75, 3.05) is 0 Å². The van der Waals surface area contributed by atoms with Crippen LogP contribution in [0.1, 0.15) is 33.4 Å². The maximum absolute atomic E-state index is 5.87. The third-order valence-electron chi connectivity index (χ3n) is 6.00. The van der Waals surface area contributed by atoms with Gasteiger partial charge in [-0.05, 0) is 22.8 Å². The van der Waals surface area contributed by atoms with Crippen molar-refractivity contribution < 1.29 is 0 Å². The van der Waals surface area contributed by atoms with Gasteiger partial charge in [0, 0.05) is 24.9 Å². The number of nitrogens with one attached hydrogen (secondary N) is 1. The maximum atomic E-state index is 5.87.